The molecule has 21 heavy (non-hydrogen) atoms. The van der Waals surface area contributed by atoms with Crippen molar-refractivity contribution in [1.82, 2.24) is 25.1 Å². The van der Waals surface area contributed by atoms with E-state index in [-0.39, 0.29) is 11.4 Å². The second-order valence-electron chi connectivity index (χ2n) is 6.47. The lowest BCUT2D eigenvalue weighted by molar-refractivity contribution is -0.121. The van der Waals surface area contributed by atoms with Crippen LogP contribution in [0.5, 0.6) is 0 Å². The molecule has 1 spiro atoms. The van der Waals surface area contributed by atoms with E-state index in [1.807, 2.05) is 13.1 Å². The average molecular weight is 291 g/mol. The lowest BCUT2D eigenvalue weighted by atomic mass is 9.86. The van der Waals surface area contributed by atoms with E-state index in [0.29, 0.717) is 6.42 Å². The number of nitrogens with zero attached hydrogens (tertiary/aromatic N) is 3. The van der Waals surface area contributed by atoms with E-state index in [1.54, 1.807) is 0 Å². The first-order chi connectivity index (χ1) is 10.1. The summed E-state index contributed by atoms with van der Waals surface area (Å²) in [7, 11) is 2.20. The van der Waals surface area contributed by atoms with Crippen LogP contribution in [0.25, 0.3) is 0 Å². The van der Waals surface area contributed by atoms with Crippen molar-refractivity contribution in [3.8, 4) is 0 Å². The first-order valence-corrected chi connectivity index (χ1v) is 7.78. The minimum absolute atomic E-state index is 0.124. The van der Waals surface area contributed by atoms with Gasteiger partial charge in [-0.05, 0) is 26.8 Å². The molecule has 0 saturated carbocycles. The van der Waals surface area contributed by atoms with Crippen LogP contribution in [-0.2, 0) is 11.3 Å². The molecule has 6 nitrogen and oxygen atoms in total. The van der Waals surface area contributed by atoms with Gasteiger partial charge in [0.2, 0.25) is 5.91 Å². The van der Waals surface area contributed by atoms with Gasteiger partial charge in [0.15, 0.2) is 0 Å². The Bertz CT molecular complexity index is 514. The fourth-order valence-corrected chi connectivity index (χ4v) is 3.57. The number of imidazole rings is 1. The van der Waals surface area contributed by atoms with E-state index in [4.69, 9.17) is 0 Å². The highest BCUT2D eigenvalue weighted by Crippen LogP contribution is 2.30. The molecule has 3 rings (SSSR count). The van der Waals surface area contributed by atoms with Crippen LogP contribution in [0.2, 0.25) is 0 Å². The minimum atomic E-state index is 0.124. The van der Waals surface area contributed by atoms with E-state index in [9.17, 15) is 4.79 Å². The number of nitrogens with one attached hydrogen (secondary N) is 2. The second kappa shape index (κ2) is 5.77. The van der Waals surface area contributed by atoms with Gasteiger partial charge < -0.3 is 10.3 Å². The van der Waals surface area contributed by atoms with Crippen molar-refractivity contribution in [1.29, 1.82) is 0 Å². The summed E-state index contributed by atoms with van der Waals surface area (Å²) in [4.78, 5) is 24.3. The van der Waals surface area contributed by atoms with E-state index < -0.39 is 0 Å². The lowest BCUT2D eigenvalue weighted by Gasteiger charge is -2.49. The van der Waals surface area contributed by atoms with Gasteiger partial charge in [0.05, 0.1) is 6.54 Å². The predicted molar refractivity (Wildman–Crippen MR) is 80.8 cm³/mol. The fourth-order valence-electron chi connectivity index (χ4n) is 3.57. The van der Waals surface area contributed by atoms with Crippen molar-refractivity contribution in [3.05, 3.63) is 17.7 Å². The van der Waals surface area contributed by atoms with Gasteiger partial charge in [-0.2, -0.15) is 0 Å². The third-order valence-electron chi connectivity index (χ3n) is 4.94. The molecule has 3 heterocycles. The molecule has 0 aliphatic carbocycles. The van der Waals surface area contributed by atoms with Crippen molar-refractivity contribution in [2.24, 2.45) is 0 Å². The zero-order valence-electron chi connectivity index (χ0n) is 13.0. The Balaban J connectivity index is 1.70. The molecule has 2 fully saturated rings. The zero-order valence-corrected chi connectivity index (χ0v) is 13.0. The number of aromatic amines is 1. The van der Waals surface area contributed by atoms with Crippen molar-refractivity contribution >= 4 is 5.91 Å². The van der Waals surface area contributed by atoms with Gasteiger partial charge in [-0.1, -0.05) is 0 Å². The largest absolute Gasteiger partial charge is 0.356 e. The summed E-state index contributed by atoms with van der Waals surface area (Å²) in [6, 6.07) is 0. The molecule has 2 saturated heterocycles. The molecule has 0 unspecified atom stereocenters. The summed E-state index contributed by atoms with van der Waals surface area (Å²) >= 11 is 0. The molecule has 0 aromatic carbocycles. The van der Waals surface area contributed by atoms with Gasteiger partial charge in [0, 0.05) is 50.0 Å². The molecule has 6 heteroatoms. The fraction of sp³-hybridized carbons (Fsp3) is 0.733. The molecule has 2 aliphatic rings. The number of amides is 1. The Morgan fingerprint density at radius 3 is 3.00 bits per heavy atom. The number of H-pyrrole nitrogens is 1. The Hall–Kier alpha value is -1.40. The quantitative estimate of drug-likeness (QED) is 0.833. The van der Waals surface area contributed by atoms with Gasteiger partial charge in [-0.15, -0.1) is 0 Å². The Morgan fingerprint density at radius 1 is 1.38 bits per heavy atom. The summed E-state index contributed by atoms with van der Waals surface area (Å²) in [5, 5.41) is 3.00. The highest BCUT2D eigenvalue weighted by atomic mass is 16.1. The van der Waals surface area contributed by atoms with Crippen LogP contribution < -0.4 is 5.32 Å². The molecule has 2 N–H and O–H groups in total. The summed E-state index contributed by atoms with van der Waals surface area (Å²) in [6.07, 6.45) is 4.50. The predicted octanol–water partition coefficient (Wildman–Crippen LogP) is 0.504. The molecule has 1 aromatic rings. The van der Waals surface area contributed by atoms with Gasteiger partial charge in [-0.3, -0.25) is 14.6 Å². The number of hydrogen-bond acceptors (Lipinski definition) is 4. The Morgan fingerprint density at radius 2 is 2.24 bits per heavy atom. The molecule has 2 aliphatic heterocycles. The average Bonchev–Trinajstić information content (AvgIpc) is 2.76. The van der Waals surface area contributed by atoms with E-state index >= 15 is 0 Å². The van der Waals surface area contributed by atoms with E-state index in [0.717, 1.165) is 57.1 Å². The number of piperazine rings is 1. The molecule has 0 radical (unpaired) electrons. The number of aryl methyl sites for hydroxylation is 1. The highest BCUT2D eigenvalue weighted by molar-refractivity contribution is 5.76. The molecule has 1 amide bonds. The topological polar surface area (TPSA) is 64.3 Å². The molecule has 116 valence electrons. The van der Waals surface area contributed by atoms with Crippen molar-refractivity contribution < 1.29 is 4.79 Å². The maximum atomic E-state index is 11.6. The number of aromatic nitrogens is 2. The van der Waals surface area contributed by atoms with Crippen molar-refractivity contribution in [2.75, 3.05) is 33.2 Å². The first-order valence-electron chi connectivity index (χ1n) is 7.78. The van der Waals surface area contributed by atoms with E-state index in [2.05, 4.69) is 32.1 Å². The monoisotopic (exact) mass is 291 g/mol. The molecular formula is C15H25N5O. The lowest BCUT2D eigenvalue weighted by Crippen LogP contribution is -2.60. The maximum Gasteiger partial charge on any atom is 0.220 e. The summed E-state index contributed by atoms with van der Waals surface area (Å²) in [5.41, 5.74) is 1.23. The van der Waals surface area contributed by atoms with Crippen LogP contribution in [0, 0.1) is 6.92 Å². The third-order valence-corrected chi connectivity index (χ3v) is 4.94. The maximum absolute atomic E-state index is 11.6. The Kier molecular flexibility index (Phi) is 3.99. The second-order valence-corrected chi connectivity index (χ2v) is 6.47. The van der Waals surface area contributed by atoms with Crippen LogP contribution in [0.3, 0.4) is 0 Å². The van der Waals surface area contributed by atoms with Crippen molar-refractivity contribution in [3.63, 3.8) is 0 Å². The number of likely N-dealkylation sites (N-methyl/N-ethyl adjacent to an activating group) is 1. The molecule has 1 atom stereocenters. The minimum Gasteiger partial charge on any atom is -0.356 e. The van der Waals surface area contributed by atoms with E-state index in [1.165, 1.54) is 0 Å². The summed E-state index contributed by atoms with van der Waals surface area (Å²) < 4.78 is 0. The third kappa shape index (κ3) is 3.11. The van der Waals surface area contributed by atoms with Gasteiger partial charge in [0.25, 0.3) is 0 Å². The highest BCUT2D eigenvalue weighted by Gasteiger charge is 2.40. The zero-order chi connectivity index (χ0) is 14.9. The number of rotatable bonds is 2. The molecule has 0 bridgehead atoms. The van der Waals surface area contributed by atoms with Crippen LogP contribution >= 0.6 is 0 Å². The molecular weight excluding hydrogens is 266 g/mol. The Labute approximate surface area is 125 Å². The van der Waals surface area contributed by atoms with Crippen LogP contribution in [0.4, 0.5) is 0 Å². The summed E-state index contributed by atoms with van der Waals surface area (Å²) in [6.45, 7) is 6.80. The SMILES string of the molecule is Cc1cnc(CN2CCN(C)[C@]3(CCNC(=O)CC3)C2)[nH]1. The van der Waals surface area contributed by atoms with Crippen LogP contribution in [0.15, 0.2) is 6.20 Å². The number of carbonyl (C=O) groups excluding carboxylic acids is 1. The normalized spacial score (nSPS) is 28.6. The summed E-state index contributed by atoms with van der Waals surface area (Å²) in [5.74, 6) is 1.23. The number of carbonyl (C=O) groups is 1. The number of hydrogen-bond donors (Lipinski definition) is 2. The molecule has 1 aromatic heterocycles. The first kappa shape index (κ1) is 14.5. The smallest absolute Gasteiger partial charge is 0.220 e. The van der Waals surface area contributed by atoms with Gasteiger partial charge >= 0.3 is 0 Å². The van der Waals surface area contributed by atoms with Gasteiger partial charge in [0.1, 0.15) is 5.82 Å². The van der Waals surface area contributed by atoms with Gasteiger partial charge in [-0.25, -0.2) is 4.98 Å². The van der Waals surface area contributed by atoms with Crippen LogP contribution in [-0.4, -0.2) is 64.4 Å². The van der Waals surface area contributed by atoms with Crippen LogP contribution in [0.1, 0.15) is 30.8 Å². The standard InChI is InChI=1S/C15H25N5O/c1-12-9-17-13(18-12)10-20-8-7-19(2)15(11-20)4-3-14(21)16-6-5-15/h9H,3-8,10-11H2,1-2H3,(H,16,21)(H,17,18)/t15-/m1/s1. The van der Waals surface area contributed by atoms with Crippen molar-refractivity contribution in [2.45, 2.75) is 38.3 Å².